The molecule has 0 bridgehead atoms. The molecule has 6 heteroatoms. The molecule has 0 aromatic carbocycles. The summed E-state index contributed by atoms with van der Waals surface area (Å²) in [6, 6.07) is 0. The van der Waals surface area contributed by atoms with Crippen LogP contribution in [0, 0.1) is 6.92 Å². The van der Waals surface area contributed by atoms with Crippen LogP contribution in [0.25, 0.3) is 0 Å². The summed E-state index contributed by atoms with van der Waals surface area (Å²) >= 11 is 0. The Hall–Kier alpha value is -1.40. The number of aryl methyl sites for hydroxylation is 1. The summed E-state index contributed by atoms with van der Waals surface area (Å²) in [4.78, 5) is 11.1. The molecule has 0 radical (unpaired) electrons. The normalized spacial score (nSPS) is 15.7. The van der Waals surface area contributed by atoms with Gasteiger partial charge in [-0.15, -0.1) is 0 Å². The van der Waals surface area contributed by atoms with E-state index < -0.39 is 0 Å². The summed E-state index contributed by atoms with van der Waals surface area (Å²) in [5.74, 6) is 7.49. The van der Waals surface area contributed by atoms with Gasteiger partial charge in [-0.1, -0.05) is 6.92 Å². The van der Waals surface area contributed by atoms with Crippen LogP contribution in [0.2, 0.25) is 0 Å². The van der Waals surface area contributed by atoms with Crippen molar-refractivity contribution in [2.24, 2.45) is 5.84 Å². The highest BCUT2D eigenvalue weighted by Gasteiger charge is 2.13. The van der Waals surface area contributed by atoms with Gasteiger partial charge in [0, 0.05) is 13.0 Å². The Morgan fingerprint density at radius 1 is 1.32 bits per heavy atom. The molecule has 1 aliphatic heterocycles. The zero-order chi connectivity index (χ0) is 13.7. The second-order valence-electron chi connectivity index (χ2n) is 4.81. The first-order valence-corrected chi connectivity index (χ1v) is 6.94. The highest BCUT2D eigenvalue weighted by atomic mass is 16.5. The lowest BCUT2D eigenvalue weighted by Crippen LogP contribution is -2.25. The van der Waals surface area contributed by atoms with Gasteiger partial charge in [-0.3, -0.25) is 4.90 Å². The van der Waals surface area contributed by atoms with Crippen molar-refractivity contribution in [3.05, 3.63) is 11.4 Å². The molecule has 0 amide bonds. The maximum Gasteiger partial charge on any atom is 0.221 e. The van der Waals surface area contributed by atoms with Crippen molar-refractivity contribution in [2.45, 2.75) is 33.1 Å². The Kier molecular flexibility index (Phi) is 4.93. The average molecular weight is 265 g/mol. The third kappa shape index (κ3) is 3.54. The highest BCUT2D eigenvalue weighted by Crippen LogP contribution is 2.21. The van der Waals surface area contributed by atoms with Gasteiger partial charge in [-0.25, -0.2) is 10.8 Å². The van der Waals surface area contributed by atoms with Crippen LogP contribution in [-0.4, -0.2) is 41.1 Å². The second kappa shape index (κ2) is 6.68. The van der Waals surface area contributed by atoms with E-state index in [1.807, 2.05) is 13.8 Å². The maximum atomic E-state index is 5.80. The molecule has 0 atom stereocenters. The number of likely N-dealkylation sites (tertiary alicyclic amines) is 1. The Bertz CT molecular complexity index is 418. The van der Waals surface area contributed by atoms with Gasteiger partial charge in [0.1, 0.15) is 18.2 Å². The number of rotatable bonds is 6. The molecule has 0 saturated carbocycles. The molecule has 0 unspecified atom stereocenters. The zero-order valence-corrected chi connectivity index (χ0v) is 11.8. The van der Waals surface area contributed by atoms with E-state index in [9.17, 15) is 0 Å². The molecule has 6 nitrogen and oxygen atoms in total. The summed E-state index contributed by atoms with van der Waals surface area (Å²) in [7, 11) is 0. The molecule has 3 N–H and O–H groups in total. The molecular formula is C13H23N5O. The smallest absolute Gasteiger partial charge is 0.221 e. The standard InChI is InChI=1S/C13H23N5O/c1-3-11-15-12(17-14)10(2)13(16-11)19-9-8-18-6-4-5-7-18/h3-9,14H2,1-2H3,(H,15,16,17). The van der Waals surface area contributed by atoms with Gasteiger partial charge >= 0.3 is 0 Å². The first-order chi connectivity index (χ1) is 9.24. The van der Waals surface area contributed by atoms with Gasteiger partial charge in [0.05, 0.1) is 5.56 Å². The Balaban J connectivity index is 1.97. The van der Waals surface area contributed by atoms with Gasteiger partial charge in [0.2, 0.25) is 5.88 Å². The van der Waals surface area contributed by atoms with Crippen LogP contribution in [0.4, 0.5) is 5.82 Å². The minimum atomic E-state index is 0.638. The van der Waals surface area contributed by atoms with Crippen molar-refractivity contribution >= 4 is 5.82 Å². The predicted octanol–water partition coefficient (Wildman–Crippen LogP) is 1.11. The molecule has 2 rings (SSSR count). The van der Waals surface area contributed by atoms with E-state index in [0.29, 0.717) is 18.3 Å². The van der Waals surface area contributed by atoms with Crippen LogP contribution in [0.15, 0.2) is 0 Å². The van der Waals surface area contributed by atoms with E-state index in [1.165, 1.54) is 25.9 Å². The molecule has 1 aliphatic rings. The van der Waals surface area contributed by atoms with E-state index in [-0.39, 0.29) is 0 Å². The number of ether oxygens (including phenoxy) is 1. The van der Waals surface area contributed by atoms with Crippen molar-refractivity contribution in [3.63, 3.8) is 0 Å². The van der Waals surface area contributed by atoms with Gasteiger partial charge in [0.25, 0.3) is 0 Å². The van der Waals surface area contributed by atoms with Gasteiger partial charge < -0.3 is 10.2 Å². The van der Waals surface area contributed by atoms with Crippen LogP contribution in [-0.2, 0) is 6.42 Å². The van der Waals surface area contributed by atoms with Crippen molar-refractivity contribution in [1.29, 1.82) is 0 Å². The summed E-state index contributed by atoms with van der Waals surface area (Å²) in [5, 5.41) is 0. The molecule has 19 heavy (non-hydrogen) atoms. The SMILES string of the molecule is CCc1nc(NN)c(C)c(OCCN2CCCC2)n1. The fourth-order valence-electron chi connectivity index (χ4n) is 2.26. The first-order valence-electron chi connectivity index (χ1n) is 6.94. The van der Waals surface area contributed by atoms with E-state index >= 15 is 0 Å². The lowest BCUT2D eigenvalue weighted by atomic mass is 10.3. The molecule has 106 valence electrons. The molecular weight excluding hydrogens is 242 g/mol. The molecule has 1 saturated heterocycles. The topological polar surface area (TPSA) is 76.3 Å². The highest BCUT2D eigenvalue weighted by molar-refractivity contribution is 5.47. The van der Waals surface area contributed by atoms with Crippen molar-refractivity contribution < 1.29 is 4.74 Å². The Morgan fingerprint density at radius 3 is 2.68 bits per heavy atom. The third-order valence-electron chi connectivity index (χ3n) is 3.45. The number of anilines is 1. The van der Waals surface area contributed by atoms with Crippen molar-refractivity contribution in [3.8, 4) is 5.88 Å². The maximum absolute atomic E-state index is 5.80. The van der Waals surface area contributed by atoms with E-state index in [1.54, 1.807) is 0 Å². The van der Waals surface area contributed by atoms with Crippen LogP contribution in [0.1, 0.15) is 31.2 Å². The monoisotopic (exact) mass is 265 g/mol. The van der Waals surface area contributed by atoms with Crippen LogP contribution < -0.4 is 16.0 Å². The molecule has 0 spiro atoms. The minimum Gasteiger partial charge on any atom is -0.476 e. The zero-order valence-electron chi connectivity index (χ0n) is 11.8. The summed E-state index contributed by atoms with van der Waals surface area (Å²) in [5.41, 5.74) is 3.46. The molecule has 1 aromatic heterocycles. The summed E-state index contributed by atoms with van der Waals surface area (Å²) in [6.45, 7) is 7.91. The fourth-order valence-corrected chi connectivity index (χ4v) is 2.26. The van der Waals surface area contributed by atoms with Gasteiger partial charge in [0.15, 0.2) is 0 Å². The molecule has 1 aromatic rings. The number of hydrogen-bond donors (Lipinski definition) is 2. The number of nitrogens with one attached hydrogen (secondary N) is 1. The number of aromatic nitrogens is 2. The van der Waals surface area contributed by atoms with Crippen molar-refractivity contribution in [1.82, 2.24) is 14.9 Å². The van der Waals surface area contributed by atoms with E-state index in [2.05, 4.69) is 20.3 Å². The number of hydrazine groups is 1. The molecule has 1 fully saturated rings. The predicted molar refractivity (Wildman–Crippen MR) is 75.1 cm³/mol. The first kappa shape index (κ1) is 14.0. The minimum absolute atomic E-state index is 0.638. The van der Waals surface area contributed by atoms with E-state index in [0.717, 1.165) is 24.4 Å². The summed E-state index contributed by atoms with van der Waals surface area (Å²) < 4.78 is 5.80. The van der Waals surface area contributed by atoms with E-state index in [4.69, 9.17) is 10.6 Å². The number of nitrogen functional groups attached to an aromatic ring is 1. The number of nitrogens with zero attached hydrogens (tertiary/aromatic N) is 3. The Labute approximate surface area is 114 Å². The van der Waals surface area contributed by atoms with Gasteiger partial charge in [-0.05, 0) is 32.9 Å². The van der Waals surface area contributed by atoms with Crippen LogP contribution in [0.3, 0.4) is 0 Å². The van der Waals surface area contributed by atoms with Crippen molar-refractivity contribution in [2.75, 3.05) is 31.7 Å². The van der Waals surface area contributed by atoms with Gasteiger partial charge in [-0.2, -0.15) is 4.98 Å². The van der Waals surface area contributed by atoms with Crippen LogP contribution >= 0.6 is 0 Å². The van der Waals surface area contributed by atoms with Crippen LogP contribution in [0.5, 0.6) is 5.88 Å². The quantitative estimate of drug-likeness (QED) is 0.592. The molecule has 2 heterocycles. The second-order valence-corrected chi connectivity index (χ2v) is 4.81. The number of hydrogen-bond acceptors (Lipinski definition) is 6. The largest absolute Gasteiger partial charge is 0.476 e. The molecule has 0 aliphatic carbocycles. The lowest BCUT2D eigenvalue weighted by molar-refractivity contribution is 0.230. The average Bonchev–Trinajstić information content (AvgIpc) is 2.94. The summed E-state index contributed by atoms with van der Waals surface area (Å²) in [6.07, 6.45) is 3.36. The fraction of sp³-hybridized carbons (Fsp3) is 0.692. The number of nitrogens with two attached hydrogens (primary N) is 1. The third-order valence-corrected chi connectivity index (χ3v) is 3.45. The Morgan fingerprint density at radius 2 is 2.05 bits per heavy atom. The lowest BCUT2D eigenvalue weighted by Gasteiger charge is -2.16.